The van der Waals surface area contributed by atoms with E-state index >= 15 is 0 Å². The maximum Gasteiger partial charge on any atom is 0.227 e. The second-order valence-corrected chi connectivity index (χ2v) is 7.78. The Morgan fingerprint density at radius 1 is 1.13 bits per heavy atom. The van der Waals surface area contributed by atoms with Gasteiger partial charge in [-0.2, -0.15) is 0 Å². The van der Waals surface area contributed by atoms with Crippen molar-refractivity contribution in [3.63, 3.8) is 0 Å². The van der Waals surface area contributed by atoms with Crippen LogP contribution in [-0.2, 0) is 17.8 Å². The number of aromatic nitrogens is 1. The van der Waals surface area contributed by atoms with Gasteiger partial charge in [0.15, 0.2) is 0 Å². The van der Waals surface area contributed by atoms with E-state index in [2.05, 4.69) is 11.2 Å². The number of carbonyl (C=O) groups is 1. The van der Waals surface area contributed by atoms with Crippen molar-refractivity contribution in [3.05, 3.63) is 82.8 Å². The second-order valence-electron chi connectivity index (χ2n) is 7.78. The molecule has 2 aromatic carbocycles. The van der Waals surface area contributed by atoms with Gasteiger partial charge >= 0.3 is 0 Å². The van der Waals surface area contributed by atoms with Crippen LogP contribution in [0.3, 0.4) is 0 Å². The van der Waals surface area contributed by atoms with Gasteiger partial charge in [0.25, 0.3) is 0 Å². The Morgan fingerprint density at radius 2 is 1.87 bits per heavy atom. The fraction of sp³-hybridized carbons (Fsp3) is 0.280. The summed E-state index contributed by atoms with van der Waals surface area (Å²) in [6.07, 6.45) is 3.27. The molecule has 6 heteroatoms. The first-order valence-corrected chi connectivity index (χ1v) is 10.4. The molecule has 2 heterocycles. The lowest BCUT2D eigenvalue weighted by Gasteiger charge is -2.27. The van der Waals surface area contributed by atoms with Crippen molar-refractivity contribution in [2.45, 2.75) is 33.3 Å². The molecule has 1 N–H and O–H groups in total. The Kier molecular flexibility index (Phi) is 6.07. The van der Waals surface area contributed by atoms with E-state index in [0.717, 1.165) is 40.3 Å². The van der Waals surface area contributed by atoms with E-state index in [1.54, 1.807) is 12.1 Å². The fourth-order valence-electron chi connectivity index (χ4n) is 3.69. The van der Waals surface area contributed by atoms with Crippen LogP contribution in [0.5, 0.6) is 11.5 Å². The average molecular weight is 418 g/mol. The SMILES string of the molecule is Cc1noc(C)c1COc1ccc(CC(=O)N2CC=C(c3ccc(O)cc3)CC2)cc1. The molecule has 1 amide bonds. The molecule has 4 rings (SSSR count). The summed E-state index contributed by atoms with van der Waals surface area (Å²) in [5.41, 5.74) is 5.07. The predicted molar refractivity (Wildman–Crippen MR) is 118 cm³/mol. The van der Waals surface area contributed by atoms with E-state index in [9.17, 15) is 9.90 Å². The number of carbonyl (C=O) groups excluding carboxylic acids is 1. The number of phenols is 1. The number of aryl methyl sites for hydroxylation is 2. The van der Waals surface area contributed by atoms with Crippen LogP contribution >= 0.6 is 0 Å². The molecule has 0 radical (unpaired) electrons. The lowest BCUT2D eigenvalue weighted by molar-refractivity contribution is -0.130. The normalized spacial score (nSPS) is 13.7. The molecule has 0 aliphatic carbocycles. The van der Waals surface area contributed by atoms with Crippen LogP contribution < -0.4 is 4.74 Å². The van der Waals surface area contributed by atoms with Crippen LogP contribution in [0.2, 0.25) is 0 Å². The van der Waals surface area contributed by atoms with Gasteiger partial charge < -0.3 is 19.3 Å². The number of hydrogen-bond acceptors (Lipinski definition) is 5. The van der Waals surface area contributed by atoms with Crippen molar-refractivity contribution in [2.24, 2.45) is 0 Å². The van der Waals surface area contributed by atoms with Crippen LogP contribution in [0.4, 0.5) is 0 Å². The summed E-state index contributed by atoms with van der Waals surface area (Å²) in [6.45, 7) is 5.48. The smallest absolute Gasteiger partial charge is 0.227 e. The number of phenolic OH excluding ortho intramolecular Hbond substituents is 1. The molecule has 0 fully saturated rings. The van der Waals surface area contributed by atoms with E-state index in [1.807, 2.05) is 55.1 Å². The van der Waals surface area contributed by atoms with Crippen molar-refractivity contribution in [1.29, 1.82) is 0 Å². The van der Waals surface area contributed by atoms with E-state index in [1.165, 1.54) is 5.57 Å². The first-order valence-electron chi connectivity index (χ1n) is 10.4. The average Bonchev–Trinajstić information content (AvgIpc) is 3.11. The maximum atomic E-state index is 12.7. The molecule has 0 saturated carbocycles. The van der Waals surface area contributed by atoms with Gasteiger partial charge in [0.05, 0.1) is 17.7 Å². The standard InChI is InChI=1S/C25H26N2O4/c1-17-24(18(2)31-26-17)16-30-23-9-3-19(4-10-23)15-25(29)27-13-11-21(12-14-27)20-5-7-22(28)8-6-20/h3-11,28H,12-16H2,1-2H3. The molecule has 0 spiro atoms. The molecule has 0 atom stereocenters. The lowest BCUT2D eigenvalue weighted by atomic mass is 9.99. The van der Waals surface area contributed by atoms with Crippen molar-refractivity contribution >= 4 is 11.5 Å². The molecule has 6 nitrogen and oxygen atoms in total. The highest BCUT2D eigenvalue weighted by Crippen LogP contribution is 2.24. The van der Waals surface area contributed by atoms with Crippen LogP contribution in [-0.4, -0.2) is 34.2 Å². The van der Waals surface area contributed by atoms with Crippen molar-refractivity contribution in [1.82, 2.24) is 10.1 Å². The summed E-state index contributed by atoms with van der Waals surface area (Å²) >= 11 is 0. The minimum absolute atomic E-state index is 0.116. The number of rotatable bonds is 6. The van der Waals surface area contributed by atoms with E-state index in [4.69, 9.17) is 9.26 Å². The highest BCUT2D eigenvalue weighted by molar-refractivity contribution is 5.80. The van der Waals surface area contributed by atoms with Gasteiger partial charge in [-0.1, -0.05) is 35.5 Å². The van der Waals surface area contributed by atoms with Crippen LogP contribution in [0.15, 0.2) is 59.1 Å². The third kappa shape index (κ3) is 4.97. The molecule has 31 heavy (non-hydrogen) atoms. The number of hydrogen-bond donors (Lipinski definition) is 1. The molecule has 1 aliphatic rings. The van der Waals surface area contributed by atoms with Gasteiger partial charge in [-0.3, -0.25) is 4.79 Å². The number of aromatic hydroxyl groups is 1. The van der Waals surface area contributed by atoms with Gasteiger partial charge in [-0.05, 0) is 61.2 Å². The minimum Gasteiger partial charge on any atom is -0.508 e. The summed E-state index contributed by atoms with van der Waals surface area (Å²) in [5.74, 6) is 1.89. The number of benzene rings is 2. The first kappa shape index (κ1) is 20.7. The largest absolute Gasteiger partial charge is 0.508 e. The Morgan fingerprint density at radius 3 is 2.48 bits per heavy atom. The Bertz CT molecular complexity index is 1060. The van der Waals surface area contributed by atoms with Crippen LogP contribution in [0.25, 0.3) is 5.57 Å². The summed E-state index contributed by atoms with van der Waals surface area (Å²) in [6, 6.07) is 14.8. The Hall–Kier alpha value is -3.54. The molecule has 0 saturated heterocycles. The monoisotopic (exact) mass is 418 g/mol. The molecule has 0 unspecified atom stereocenters. The van der Waals surface area contributed by atoms with Gasteiger partial charge in [-0.15, -0.1) is 0 Å². The zero-order valence-electron chi connectivity index (χ0n) is 17.8. The molecule has 1 aliphatic heterocycles. The highest BCUT2D eigenvalue weighted by atomic mass is 16.5. The maximum absolute atomic E-state index is 12.7. The Labute approximate surface area is 181 Å². The molecule has 160 valence electrons. The van der Waals surface area contributed by atoms with E-state index in [-0.39, 0.29) is 11.7 Å². The minimum atomic E-state index is 0.116. The topological polar surface area (TPSA) is 75.8 Å². The molecular formula is C25H26N2O4. The summed E-state index contributed by atoms with van der Waals surface area (Å²) < 4.78 is 11.0. The summed E-state index contributed by atoms with van der Waals surface area (Å²) in [4.78, 5) is 14.6. The number of amides is 1. The second kappa shape index (κ2) is 9.08. The number of ether oxygens (including phenoxy) is 1. The first-order chi connectivity index (χ1) is 15.0. The van der Waals surface area contributed by atoms with Crippen molar-refractivity contribution in [3.8, 4) is 11.5 Å². The quantitative estimate of drug-likeness (QED) is 0.641. The predicted octanol–water partition coefficient (Wildman–Crippen LogP) is 4.43. The third-order valence-corrected chi connectivity index (χ3v) is 5.64. The van der Waals surface area contributed by atoms with Gasteiger partial charge in [-0.25, -0.2) is 0 Å². The fourth-order valence-corrected chi connectivity index (χ4v) is 3.69. The zero-order valence-corrected chi connectivity index (χ0v) is 17.8. The van der Waals surface area contributed by atoms with Crippen LogP contribution in [0.1, 0.15) is 34.6 Å². The number of nitrogens with zero attached hydrogens (tertiary/aromatic N) is 2. The summed E-state index contributed by atoms with van der Waals surface area (Å²) in [5, 5.41) is 13.4. The lowest BCUT2D eigenvalue weighted by Crippen LogP contribution is -2.35. The third-order valence-electron chi connectivity index (χ3n) is 5.64. The molecule has 1 aromatic heterocycles. The summed E-state index contributed by atoms with van der Waals surface area (Å²) in [7, 11) is 0. The van der Waals surface area contributed by atoms with Crippen LogP contribution in [0, 0.1) is 13.8 Å². The molecule has 0 bridgehead atoms. The molecular weight excluding hydrogens is 392 g/mol. The van der Waals surface area contributed by atoms with Gasteiger partial charge in [0, 0.05) is 13.1 Å². The molecule has 3 aromatic rings. The van der Waals surface area contributed by atoms with E-state index < -0.39 is 0 Å². The van der Waals surface area contributed by atoms with Crippen molar-refractivity contribution < 1.29 is 19.2 Å². The Balaban J connectivity index is 1.30. The highest BCUT2D eigenvalue weighted by Gasteiger charge is 2.18. The van der Waals surface area contributed by atoms with E-state index in [0.29, 0.717) is 26.1 Å². The zero-order chi connectivity index (χ0) is 21.8. The van der Waals surface area contributed by atoms with Crippen molar-refractivity contribution in [2.75, 3.05) is 13.1 Å². The van der Waals surface area contributed by atoms with Gasteiger partial charge in [0.2, 0.25) is 5.91 Å². The van der Waals surface area contributed by atoms with Gasteiger partial charge in [0.1, 0.15) is 23.9 Å².